The Bertz CT molecular complexity index is 909. The fourth-order valence-electron chi connectivity index (χ4n) is 3.21. The molecule has 3 aromatic rings. The van der Waals surface area contributed by atoms with Crippen LogP contribution in [0.15, 0.2) is 42.5 Å². The van der Waals surface area contributed by atoms with Crippen LogP contribution in [0.2, 0.25) is 5.02 Å². The van der Waals surface area contributed by atoms with Crippen LogP contribution >= 0.6 is 11.6 Å². The molecule has 1 heterocycles. The Kier molecular flexibility index (Phi) is 4.40. The van der Waals surface area contributed by atoms with Crippen molar-refractivity contribution in [1.82, 2.24) is 9.97 Å². The lowest BCUT2D eigenvalue weighted by molar-refractivity contribution is 0.628. The number of aromatic nitrogens is 2. The summed E-state index contributed by atoms with van der Waals surface area (Å²) in [5.74, 6) is 0.838. The Morgan fingerprint density at radius 2 is 1.84 bits per heavy atom. The van der Waals surface area contributed by atoms with Gasteiger partial charge in [0.25, 0.3) is 0 Å². The van der Waals surface area contributed by atoms with Gasteiger partial charge in [0.05, 0.1) is 10.5 Å². The van der Waals surface area contributed by atoms with Crippen molar-refractivity contribution in [3.8, 4) is 0 Å². The minimum atomic E-state index is -0.449. The van der Waals surface area contributed by atoms with Crippen LogP contribution in [0, 0.1) is 5.82 Å². The number of nitrogens with one attached hydrogen (secondary N) is 2. The van der Waals surface area contributed by atoms with E-state index in [0.29, 0.717) is 17.7 Å². The molecule has 0 aliphatic heterocycles. The van der Waals surface area contributed by atoms with Crippen molar-refractivity contribution in [2.45, 2.75) is 31.7 Å². The van der Waals surface area contributed by atoms with Gasteiger partial charge in [-0.15, -0.1) is 0 Å². The molecule has 0 radical (unpaired) electrons. The van der Waals surface area contributed by atoms with E-state index in [9.17, 15) is 4.39 Å². The van der Waals surface area contributed by atoms with E-state index in [1.807, 2.05) is 24.3 Å². The third kappa shape index (κ3) is 3.51. The number of fused-ring (bicyclic) bond motifs is 1. The molecule has 1 aliphatic carbocycles. The van der Waals surface area contributed by atoms with E-state index in [2.05, 4.69) is 20.6 Å². The maximum atomic E-state index is 13.3. The number of hydrogen-bond donors (Lipinski definition) is 2. The van der Waals surface area contributed by atoms with Crippen LogP contribution in [0.25, 0.3) is 10.9 Å². The lowest BCUT2D eigenvalue weighted by atomic mass is 10.2. The first-order chi connectivity index (χ1) is 12.2. The number of rotatable bonds is 4. The standard InChI is InChI=1S/C19H18ClFN4/c20-15-11-13(9-10-16(15)21)23-19-24-17-8-4-3-7-14(17)18(25-19)22-12-5-1-2-6-12/h3-4,7-12H,1-2,5-6H2,(H2,22,23,24,25). The van der Waals surface area contributed by atoms with Crippen molar-refractivity contribution >= 4 is 40.0 Å². The molecule has 1 saturated carbocycles. The third-order valence-corrected chi connectivity index (χ3v) is 4.76. The van der Waals surface area contributed by atoms with Gasteiger partial charge >= 0.3 is 0 Å². The molecule has 2 aromatic carbocycles. The SMILES string of the molecule is Fc1ccc(Nc2nc(NC3CCCC3)c3ccccc3n2)cc1Cl. The van der Waals surface area contributed by atoms with Gasteiger partial charge in [0.2, 0.25) is 5.95 Å². The van der Waals surface area contributed by atoms with Crippen molar-refractivity contribution in [3.05, 3.63) is 53.3 Å². The highest BCUT2D eigenvalue weighted by Gasteiger charge is 2.17. The molecule has 4 rings (SSSR count). The summed E-state index contributed by atoms with van der Waals surface area (Å²) in [6.07, 6.45) is 4.82. The van der Waals surface area contributed by atoms with E-state index in [1.165, 1.54) is 25.0 Å². The van der Waals surface area contributed by atoms with Crippen LogP contribution < -0.4 is 10.6 Å². The smallest absolute Gasteiger partial charge is 0.229 e. The van der Waals surface area contributed by atoms with E-state index >= 15 is 0 Å². The van der Waals surface area contributed by atoms with Crippen molar-refractivity contribution < 1.29 is 4.39 Å². The molecule has 1 aromatic heterocycles. The van der Waals surface area contributed by atoms with Gasteiger partial charge in [-0.2, -0.15) is 4.98 Å². The summed E-state index contributed by atoms with van der Waals surface area (Å²) in [5, 5.41) is 7.73. The summed E-state index contributed by atoms with van der Waals surface area (Å²) >= 11 is 5.85. The monoisotopic (exact) mass is 356 g/mol. The first kappa shape index (κ1) is 16.1. The van der Waals surface area contributed by atoms with E-state index < -0.39 is 5.82 Å². The zero-order valence-electron chi connectivity index (χ0n) is 13.6. The second kappa shape index (κ2) is 6.84. The van der Waals surface area contributed by atoms with E-state index in [0.717, 1.165) is 29.6 Å². The summed E-state index contributed by atoms with van der Waals surface area (Å²) in [4.78, 5) is 9.20. The number of para-hydroxylation sites is 1. The normalized spacial score (nSPS) is 14.8. The van der Waals surface area contributed by atoms with Gasteiger partial charge in [-0.05, 0) is 43.2 Å². The number of hydrogen-bond acceptors (Lipinski definition) is 4. The second-order valence-electron chi connectivity index (χ2n) is 6.29. The van der Waals surface area contributed by atoms with Gasteiger partial charge in [-0.3, -0.25) is 0 Å². The zero-order valence-corrected chi connectivity index (χ0v) is 14.4. The van der Waals surface area contributed by atoms with Gasteiger partial charge in [-0.1, -0.05) is 36.6 Å². The molecule has 4 nitrogen and oxygen atoms in total. The molecule has 6 heteroatoms. The van der Waals surface area contributed by atoms with Crippen LogP contribution in [-0.2, 0) is 0 Å². The minimum Gasteiger partial charge on any atom is -0.367 e. The maximum Gasteiger partial charge on any atom is 0.229 e. The van der Waals surface area contributed by atoms with Gasteiger partial charge < -0.3 is 10.6 Å². The highest BCUT2D eigenvalue weighted by Crippen LogP contribution is 2.28. The molecule has 128 valence electrons. The molecule has 25 heavy (non-hydrogen) atoms. The van der Waals surface area contributed by atoms with Crippen LogP contribution in [0.3, 0.4) is 0 Å². The summed E-state index contributed by atoms with van der Waals surface area (Å²) in [6.45, 7) is 0. The van der Waals surface area contributed by atoms with Gasteiger partial charge in [0.15, 0.2) is 0 Å². The zero-order chi connectivity index (χ0) is 17.2. The van der Waals surface area contributed by atoms with E-state index in [-0.39, 0.29) is 5.02 Å². The number of halogens is 2. The molecule has 0 amide bonds. The lowest BCUT2D eigenvalue weighted by Crippen LogP contribution is -2.16. The molecule has 0 saturated heterocycles. The average Bonchev–Trinajstić information content (AvgIpc) is 3.11. The van der Waals surface area contributed by atoms with Crippen molar-refractivity contribution in [1.29, 1.82) is 0 Å². The van der Waals surface area contributed by atoms with Crippen molar-refractivity contribution in [2.75, 3.05) is 10.6 Å². The Labute approximate surface area is 150 Å². The molecule has 0 unspecified atom stereocenters. The Morgan fingerprint density at radius 1 is 1.04 bits per heavy atom. The van der Waals surface area contributed by atoms with Gasteiger partial charge in [0.1, 0.15) is 11.6 Å². The predicted octanol–water partition coefficient (Wildman–Crippen LogP) is 5.52. The van der Waals surface area contributed by atoms with Crippen molar-refractivity contribution in [2.24, 2.45) is 0 Å². The predicted molar refractivity (Wildman–Crippen MR) is 100 cm³/mol. The summed E-state index contributed by atoms with van der Waals surface area (Å²) < 4.78 is 13.3. The molecule has 0 bridgehead atoms. The van der Waals surface area contributed by atoms with Gasteiger partial charge in [0, 0.05) is 17.1 Å². The molecule has 0 spiro atoms. The minimum absolute atomic E-state index is 0.0649. The van der Waals surface area contributed by atoms with Crippen LogP contribution in [0.1, 0.15) is 25.7 Å². The first-order valence-corrected chi connectivity index (χ1v) is 8.82. The summed E-state index contributed by atoms with van der Waals surface area (Å²) in [7, 11) is 0. The second-order valence-corrected chi connectivity index (χ2v) is 6.70. The van der Waals surface area contributed by atoms with Gasteiger partial charge in [-0.25, -0.2) is 9.37 Å². The number of benzene rings is 2. The number of anilines is 3. The molecule has 2 N–H and O–H groups in total. The Morgan fingerprint density at radius 3 is 2.64 bits per heavy atom. The van der Waals surface area contributed by atoms with Crippen LogP contribution in [-0.4, -0.2) is 16.0 Å². The van der Waals surface area contributed by atoms with E-state index in [4.69, 9.17) is 11.6 Å². The van der Waals surface area contributed by atoms with Crippen LogP contribution in [0.4, 0.5) is 21.8 Å². The van der Waals surface area contributed by atoms with E-state index in [1.54, 1.807) is 6.07 Å². The Hall–Kier alpha value is -2.40. The largest absolute Gasteiger partial charge is 0.367 e. The quantitative estimate of drug-likeness (QED) is 0.646. The first-order valence-electron chi connectivity index (χ1n) is 8.44. The molecule has 0 atom stereocenters. The fraction of sp³-hybridized carbons (Fsp3) is 0.263. The number of nitrogens with zero attached hydrogens (tertiary/aromatic N) is 2. The summed E-state index contributed by atoms with van der Waals surface area (Å²) in [5.41, 5.74) is 1.50. The highest BCUT2D eigenvalue weighted by molar-refractivity contribution is 6.31. The fourth-order valence-corrected chi connectivity index (χ4v) is 3.39. The topological polar surface area (TPSA) is 49.8 Å². The maximum absolute atomic E-state index is 13.3. The molecular weight excluding hydrogens is 339 g/mol. The molecule has 1 fully saturated rings. The average molecular weight is 357 g/mol. The Balaban J connectivity index is 1.69. The molecule has 1 aliphatic rings. The lowest BCUT2D eigenvalue weighted by Gasteiger charge is -2.16. The van der Waals surface area contributed by atoms with Crippen LogP contribution in [0.5, 0.6) is 0 Å². The molecular formula is C19H18ClFN4. The highest BCUT2D eigenvalue weighted by atomic mass is 35.5. The van der Waals surface area contributed by atoms with Crippen molar-refractivity contribution in [3.63, 3.8) is 0 Å². The summed E-state index contributed by atoms with van der Waals surface area (Å²) in [6, 6.07) is 12.8. The third-order valence-electron chi connectivity index (χ3n) is 4.47.